The molecule has 2 rings (SSSR count). The van der Waals surface area contributed by atoms with E-state index in [1.165, 1.54) is 12.1 Å². The van der Waals surface area contributed by atoms with Crippen molar-refractivity contribution >= 4 is 5.97 Å². The number of aromatic hydroxyl groups is 1. The van der Waals surface area contributed by atoms with E-state index >= 15 is 0 Å². The van der Waals surface area contributed by atoms with Gasteiger partial charge in [0.1, 0.15) is 11.6 Å². The number of carbonyl (C=O) groups excluding carboxylic acids is 1. The molecule has 1 aromatic carbocycles. The van der Waals surface area contributed by atoms with Crippen molar-refractivity contribution in [3.8, 4) is 5.75 Å². The van der Waals surface area contributed by atoms with E-state index in [9.17, 15) is 9.18 Å². The third kappa shape index (κ3) is 2.01. The fraction of sp³-hybridized carbons (Fsp3) is 0.417. The monoisotopic (exact) mass is 224 g/mol. The highest BCUT2D eigenvalue weighted by Gasteiger charge is 2.46. The summed E-state index contributed by atoms with van der Waals surface area (Å²) in [7, 11) is 0. The van der Waals surface area contributed by atoms with Gasteiger partial charge < -0.3 is 9.84 Å². The standard InChI is InChI=1S/C12H13FO3/c1-2-16-12(15)10-6-9(10)8-4-3-7(14)5-11(8)13/h3-5,9-10,14H,2,6H2,1H3. The van der Waals surface area contributed by atoms with Gasteiger partial charge in [0.2, 0.25) is 0 Å². The molecule has 3 nitrogen and oxygen atoms in total. The molecular formula is C12H13FO3. The van der Waals surface area contributed by atoms with Gasteiger partial charge >= 0.3 is 5.97 Å². The average Bonchev–Trinajstić information content (AvgIpc) is 2.98. The number of rotatable bonds is 3. The van der Waals surface area contributed by atoms with Crippen LogP contribution >= 0.6 is 0 Å². The van der Waals surface area contributed by atoms with Gasteiger partial charge in [0.05, 0.1) is 12.5 Å². The minimum atomic E-state index is -0.461. The van der Waals surface area contributed by atoms with Crippen LogP contribution in [0.15, 0.2) is 18.2 Å². The van der Waals surface area contributed by atoms with Crippen LogP contribution in [-0.2, 0) is 9.53 Å². The molecule has 16 heavy (non-hydrogen) atoms. The Kier molecular flexibility index (Phi) is 2.81. The predicted molar refractivity (Wildman–Crippen MR) is 55.5 cm³/mol. The SMILES string of the molecule is CCOC(=O)C1CC1c1ccc(O)cc1F. The second-order valence-corrected chi connectivity index (χ2v) is 3.91. The van der Waals surface area contributed by atoms with Crippen molar-refractivity contribution in [1.29, 1.82) is 0 Å². The number of carbonyl (C=O) groups is 1. The Labute approximate surface area is 92.9 Å². The van der Waals surface area contributed by atoms with Gasteiger partial charge in [-0.25, -0.2) is 4.39 Å². The summed E-state index contributed by atoms with van der Waals surface area (Å²) in [6.07, 6.45) is 0.626. The number of ether oxygens (including phenoxy) is 1. The minimum Gasteiger partial charge on any atom is -0.508 e. The van der Waals surface area contributed by atoms with E-state index in [0.717, 1.165) is 6.07 Å². The zero-order valence-corrected chi connectivity index (χ0v) is 8.94. The fourth-order valence-electron chi connectivity index (χ4n) is 1.87. The highest BCUT2D eigenvalue weighted by Crippen LogP contribution is 2.49. The first-order valence-corrected chi connectivity index (χ1v) is 5.28. The molecule has 0 aromatic heterocycles. The lowest BCUT2D eigenvalue weighted by Crippen LogP contribution is -2.07. The molecule has 1 aliphatic rings. The number of hydrogen-bond donors (Lipinski definition) is 1. The summed E-state index contributed by atoms with van der Waals surface area (Å²) in [5, 5.41) is 9.07. The van der Waals surface area contributed by atoms with E-state index in [4.69, 9.17) is 9.84 Å². The molecule has 0 bridgehead atoms. The molecular weight excluding hydrogens is 211 g/mol. The molecule has 0 aliphatic heterocycles. The normalized spacial score (nSPS) is 22.9. The van der Waals surface area contributed by atoms with Crippen LogP contribution in [0.1, 0.15) is 24.8 Å². The molecule has 86 valence electrons. The lowest BCUT2D eigenvalue weighted by atomic mass is 10.1. The van der Waals surface area contributed by atoms with Crippen molar-refractivity contribution in [3.63, 3.8) is 0 Å². The van der Waals surface area contributed by atoms with Gasteiger partial charge in [-0.2, -0.15) is 0 Å². The molecule has 1 aliphatic carbocycles. The molecule has 1 aromatic rings. The zero-order chi connectivity index (χ0) is 11.7. The Bertz CT molecular complexity index is 417. The van der Waals surface area contributed by atoms with E-state index in [-0.39, 0.29) is 23.6 Å². The third-order valence-electron chi connectivity index (χ3n) is 2.76. The van der Waals surface area contributed by atoms with Crippen molar-refractivity contribution < 1.29 is 19.0 Å². The number of benzene rings is 1. The molecule has 0 spiro atoms. The summed E-state index contributed by atoms with van der Waals surface area (Å²) in [6.45, 7) is 2.09. The van der Waals surface area contributed by atoms with Gasteiger partial charge in [0.15, 0.2) is 0 Å². The van der Waals surface area contributed by atoms with E-state index in [2.05, 4.69) is 0 Å². The van der Waals surface area contributed by atoms with Crippen LogP contribution in [0.5, 0.6) is 5.75 Å². The van der Waals surface area contributed by atoms with E-state index in [1.54, 1.807) is 6.92 Å². The number of esters is 1. The predicted octanol–water partition coefficient (Wildman–Crippen LogP) is 2.20. The van der Waals surface area contributed by atoms with Gasteiger partial charge in [0, 0.05) is 12.0 Å². The van der Waals surface area contributed by atoms with Crippen LogP contribution in [0.25, 0.3) is 0 Å². The maximum atomic E-state index is 13.5. The lowest BCUT2D eigenvalue weighted by molar-refractivity contribution is -0.144. The third-order valence-corrected chi connectivity index (χ3v) is 2.76. The number of phenols is 1. The first-order chi connectivity index (χ1) is 7.63. The second kappa shape index (κ2) is 4.12. The van der Waals surface area contributed by atoms with Crippen molar-refractivity contribution in [3.05, 3.63) is 29.6 Å². The minimum absolute atomic E-state index is 0.0975. The van der Waals surface area contributed by atoms with Crippen LogP contribution in [-0.4, -0.2) is 17.7 Å². The molecule has 0 amide bonds. The summed E-state index contributed by atoms with van der Waals surface area (Å²) in [5.74, 6) is -1.15. The van der Waals surface area contributed by atoms with E-state index in [1.807, 2.05) is 0 Å². The molecule has 0 saturated heterocycles. The van der Waals surface area contributed by atoms with Gasteiger partial charge in [-0.1, -0.05) is 6.07 Å². The van der Waals surface area contributed by atoms with Gasteiger partial charge in [0.25, 0.3) is 0 Å². The van der Waals surface area contributed by atoms with Crippen LogP contribution in [0.3, 0.4) is 0 Å². The Balaban J connectivity index is 2.08. The summed E-state index contributed by atoms with van der Waals surface area (Å²) < 4.78 is 18.3. The maximum Gasteiger partial charge on any atom is 0.309 e. The topological polar surface area (TPSA) is 46.5 Å². The fourth-order valence-corrected chi connectivity index (χ4v) is 1.87. The van der Waals surface area contributed by atoms with Gasteiger partial charge in [-0.15, -0.1) is 0 Å². The smallest absolute Gasteiger partial charge is 0.309 e. The second-order valence-electron chi connectivity index (χ2n) is 3.91. The van der Waals surface area contributed by atoms with Crippen molar-refractivity contribution in [1.82, 2.24) is 0 Å². The highest BCUT2D eigenvalue weighted by atomic mass is 19.1. The van der Waals surface area contributed by atoms with Gasteiger partial charge in [-0.05, 0) is 25.0 Å². The van der Waals surface area contributed by atoms with Crippen molar-refractivity contribution in [2.24, 2.45) is 5.92 Å². The quantitative estimate of drug-likeness (QED) is 0.800. The Morgan fingerprint density at radius 1 is 1.62 bits per heavy atom. The number of halogens is 1. The van der Waals surface area contributed by atoms with E-state index in [0.29, 0.717) is 18.6 Å². The summed E-state index contributed by atoms with van der Waals surface area (Å²) >= 11 is 0. The highest BCUT2D eigenvalue weighted by molar-refractivity contribution is 5.77. The largest absolute Gasteiger partial charge is 0.508 e. The summed E-state index contributed by atoms with van der Waals surface area (Å²) in [4.78, 5) is 11.4. The number of phenolic OH excluding ortho intramolecular Hbond substituents is 1. The average molecular weight is 224 g/mol. The Morgan fingerprint density at radius 2 is 2.38 bits per heavy atom. The van der Waals surface area contributed by atoms with Crippen LogP contribution in [0.2, 0.25) is 0 Å². The summed E-state index contributed by atoms with van der Waals surface area (Å²) in [6, 6.07) is 4.02. The molecule has 4 heteroatoms. The molecule has 2 unspecified atom stereocenters. The van der Waals surface area contributed by atoms with Crippen molar-refractivity contribution in [2.75, 3.05) is 6.61 Å². The van der Waals surface area contributed by atoms with E-state index < -0.39 is 5.82 Å². The lowest BCUT2D eigenvalue weighted by Gasteiger charge is -2.03. The molecule has 1 N–H and O–H groups in total. The molecule has 1 fully saturated rings. The van der Waals surface area contributed by atoms with Crippen LogP contribution in [0, 0.1) is 11.7 Å². The first kappa shape index (κ1) is 10.9. The molecule has 2 atom stereocenters. The molecule has 0 heterocycles. The Morgan fingerprint density at radius 3 is 3.00 bits per heavy atom. The first-order valence-electron chi connectivity index (χ1n) is 5.28. The molecule has 1 saturated carbocycles. The van der Waals surface area contributed by atoms with Crippen LogP contribution < -0.4 is 0 Å². The zero-order valence-electron chi connectivity index (χ0n) is 8.94. The Hall–Kier alpha value is -1.58. The number of hydrogen-bond acceptors (Lipinski definition) is 3. The maximum absolute atomic E-state index is 13.5. The summed E-state index contributed by atoms with van der Waals surface area (Å²) in [5.41, 5.74) is 0.482. The van der Waals surface area contributed by atoms with Gasteiger partial charge in [-0.3, -0.25) is 4.79 Å². The molecule has 0 radical (unpaired) electrons. The van der Waals surface area contributed by atoms with Crippen LogP contribution in [0.4, 0.5) is 4.39 Å². The van der Waals surface area contributed by atoms with Crippen molar-refractivity contribution in [2.45, 2.75) is 19.3 Å².